The number of halogens is 1. The summed E-state index contributed by atoms with van der Waals surface area (Å²) in [6, 6.07) is 19.4. The van der Waals surface area contributed by atoms with E-state index in [2.05, 4.69) is 20.9 Å². The van der Waals surface area contributed by atoms with Gasteiger partial charge in [0.05, 0.1) is 21.9 Å². The minimum atomic E-state index is -0.324. The van der Waals surface area contributed by atoms with Gasteiger partial charge in [-0.3, -0.25) is 19.5 Å². The number of pyridine rings is 1. The van der Waals surface area contributed by atoms with Crippen LogP contribution in [-0.2, 0) is 6.54 Å². The van der Waals surface area contributed by atoms with Crippen molar-refractivity contribution in [3.63, 3.8) is 0 Å². The number of hydrogen-bond donors (Lipinski definition) is 3. The smallest absolute Gasteiger partial charge is 0.255 e. The van der Waals surface area contributed by atoms with E-state index < -0.39 is 0 Å². The molecule has 40 heavy (non-hydrogen) atoms. The van der Waals surface area contributed by atoms with Gasteiger partial charge >= 0.3 is 0 Å². The van der Waals surface area contributed by atoms with E-state index in [-0.39, 0.29) is 11.8 Å². The zero-order valence-corrected chi connectivity index (χ0v) is 22.5. The Kier molecular flexibility index (Phi) is 7.50. The minimum absolute atomic E-state index is 0.316. The first kappa shape index (κ1) is 26.1. The molecule has 0 aliphatic carbocycles. The lowest BCUT2D eigenvalue weighted by Crippen LogP contribution is -2.43. The number of hydrogen-bond acceptors (Lipinski definition) is 7. The zero-order chi connectivity index (χ0) is 27.5. The molecule has 1 fully saturated rings. The lowest BCUT2D eigenvalue weighted by molar-refractivity contribution is 0.101. The van der Waals surface area contributed by atoms with Crippen LogP contribution in [0.15, 0.2) is 66.7 Å². The molecule has 3 aromatic carbocycles. The number of rotatable bonds is 6. The van der Waals surface area contributed by atoms with Crippen LogP contribution in [0.25, 0.3) is 10.9 Å². The maximum atomic E-state index is 13.1. The van der Waals surface area contributed by atoms with Crippen LogP contribution in [0.5, 0.6) is 11.5 Å². The van der Waals surface area contributed by atoms with Gasteiger partial charge in [-0.1, -0.05) is 17.7 Å². The van der Waals surface area contributed by atoms with Gasteiger partial charge in [-0.05, 0) is 60.7 Å². The number of amides is 2. The highest BCUT2D eigenvalue weighted by Gasteiger charge is 2.17. The predicted octanol–water partition coefficient (Wildman–Crippen LogP) is 4.57. The van der Waals surface area contributed by atoms with E-state index in [9.17, 15) is 9.59 Å². The maximum Gasteiger partial charge on any atom is 0.255 e. The highest BCUT2D eigenvalue weighted by molar-refractivity contribution is 6.34. The predicted molar refractivity (Wildman–Crippen MR) is 155 cm³/mol. The summed E-state index contributed by atoms with van der Waals surface area (Å²) in [6.45, 7) is 5.71. The monoisotopic (exact) mass is 557 g/mol. The van der Waals surface area contributed by atoms with Crippen molar-refractivity contribution in [2.45, 2.75) is 6.54 Å². The van der Waals surface area contributed by atoms with Gasteiger partial charge in [-0.25, -0.2) is 0 Å². The summed E-state index contributed by atoms with van der Waals surface area (Å²) < 4.78 is 11.1. The molecule has 0 bridgehead atoms. The Bertz CT molecular complexity index is 1590. The van der Waals surface area contributed by atoms with E-state index in [1.807, 2.05) is 24.3 Å². The molecule has 4 aromatic rings. The van der Waals surface area contributed by atoms with Gasteiger partial charge in [0.2, 0.25) is 0 Å². The van der Waals surface area contributed by atoms with E-state index in [1.54, 1.807) is 42.5 Å². The number of carbonyl (C=O) groups excluding carboxylic acids is 2. The summed E-state index contributed by atoms with van der Waals surface area (Å²) in [5.41, 5.74) is 3.62. The standard InChI is InChI=1S/C30H28ClN5O4/c31-24-6-5-22(34-29(37)21-3-8-27-28(16-21)40-14-13-39-27)17-26(24)35-30(38)20-2-7-25-19(15-20)1-4-23(33-25)18-36-11-9-32-10-12-36/h1-8,15-17,32H,9-14,18H2,(H,34,37)(H,35,38). The van der Waals surface area contributed by atoms with Crippen LogP contribution in [0.2, 0.25) is 5.02 Å². The SMILES string of the molecule is O=C(Nc1ccc(Cl)c(NC(=O)c2ccc3nc(CN4CCNCC4)ccc3c2)c1)c1ccc2c(c1)OCCO2. The van der Waals surface area contributed by atoms with Gasteiger partial charge in [0.15, 0.2) is 11.5 Å². The van der Waals surface area contributed by atoms with Gasteiger partial charge in [0.25, 0.3) is 11.8 Å². The molecular formula is C30H28ClN5O4. The van der Waals surface area contributed by atoms with Crippen molar-refractivity contribution in [2.75, 3.05) is 50.0 Å². The number of piperazine rings is 1. The summed E-state index contributed by atoms with van der Waals surface area (Å²) in [4.78, 5) is 33.1. The van der Waals surface area contributed by atoms with Gasteiger partial charge in [0.1, 0.15) is 13.2 Å². The minimum Gasteiger partial charge on any atom is -0.486 e. The maximum absolute atomic E-state index is 13.1. The molecule has 2 aliphatic rings. The third kappa shape index (κ3) is 5.86. The molecule has 0 radical (unpaired) electrons. The molecule has 1 aromatic heterocycles. The average Bonchev–Trinajstić information content (AvgIpc) is 2.98. The first-order valence-electron chi connectivity index (χ1n) is 13.2. The summed E-state index contributed by atoms with van der Waals surface area (Å²) in [6.07, 6.45) is 0. The zero-order valence-electron chi connectivity index (χ0n) is 21.7. The van der Waals surface area contributed by atoms with Crippen molar-refractivity contribution < 1.29 is 19.1 Å². The molecule has 2 aliphatic heterocycles. The number of anilines is 2. The first-order valence-corrected chi connectivity index (χ1v) is 13.5. The number of aromatic nitrogens is 1. The van der Waals surface area contributed by atoms with E-state index in [0.29, 0.717) is 52.2 Å². The van der Waals surface area contributed by atoms with Gasteiger partial charge in [-0.15, -0.1) is 0 Å². The molecule has 3 heterocycles. The number of nitrogens with one attached hydrogen (secondary N) is 3. The molecule has 204 valence electrons. The van der Waals surface area contributed by atoms with Gasteiger partial charge in [0, 0.05) is 54.9 Å². The van der Waals surface area contributed by atoms with Crippen molar-refractivity contribution in [2.24, 2.45) is 0 Å². The molecule has 10 heteroatoms. The lowest BCUT2D eigenvalue weighted by Gasteiger charge is -2.26. The van der Waals surface area contributed by atoms with Crippen molar-refractivity contribution in [3.8, 4) is 11.5 Å². The van der Waals surface area contributed by atoms with Crippen molar-refractivity contribution in [3.05, 3.63) is 88.6 Å². The Hall–Kier alpha value is -4.18. The Morgan fingerprint density at radius 1 is 0.850 bits per heavy atom. The van der Waals surface area contributed by atoms with Crippen molar-refractivity contribution in [1.82, 2.24) is 15.2 Å². The second-order valence-corrected chi connectivity index (χ2v) is 10.1. The number of fused-ring (bicyclic) bond motifs is 2. The van der Waals surface area contributed by atoms with Gasteiger partial charge < -0.3 is 25.4 Å². The summed E-state index contributed by atoms with van der Waals surface area (Å²) in [5, 5.41) is 10.3. The number of carbonyl (C=O) groups is 2. The van der Waals surface area contributed by atoms with Crippen LogP contribution in [0.1, 0.15) is 26.4 Å². The van der Waals surface area contributed by atoms with E-state index in [1.165, 1.54) is 0 Å². The number of ether oxygens (including phenoxy) is 2. The van der Waals surface area contributed by atoms with Crippen LogP contribution in [0.3, 0.4) is 0 Å². The lowest BCUT2D eigenvalue weighted by atomic mass is 10.1. The highest BCUT2D eigenvalue weighted by atomic mass is 35.5. The Labute approximate surface area is 236 Å². The van der Waals surface area contributed by atoms with E-state index in [0.717, 1.165) is 49.3 Å². The Balaban J connectivity index is 1.14. The van der Waals surface area contributed by atoms with Crippen LogP contribution >= 0.6 is 11.6 Å². The van der Waals surface area contributed by atoms with E-state index in [4.69, 9.17) is 26.1 Å². The third-order valence-electron chi connectivity index (χ3n) is 6.88. The van der Waals surface area contributed by atoms with Crippen LogP contribution < -0.4 is 25.4 Å². The Morgan fingerprint density at radius 2 is 1.60 bits per heavy atom. The van der Waals surface area contributed by atoms with Crippen molar-refractivity contribution in [1.29, 1.82) is 0 Å². The third-order valence-corrected chi connectivity index (χ3v) is 7.21. The normalized spacial score (nSPS) is 15.0. The second-order valence-electron chi connectivity index (χ2n) is 9.70. The van der Waals surface area contributed by atoms with Crippen LogP contribution in [-0.4, -0.2) is 61.1 Å². The summed E-state index contributed by atoms with van der Waals surface area (Å²) in [7, 11) is 0. The molecule has 0 spiro atoms. The molecule has 0 unspecified atom stereocenters. The molecule has 2 amide bonds. The molecule has 3 N–H and O–H groups in total. The molecule has 1 saturated heterocycles. The molecule has 0 atom stereocenters. The quantitative estimate of drug-likeness (QED) is 0.319. The van der Waals surface area contributed by atoms with Crippen LogP contribution in [0, 0.1) is 0 Å². The van der Waals surface area contributed by atoms with Crippen LogP contribution in [0.4, 0.5) is 11.4 Å². The fourth-order valence-electron chi connectivity index (χ4n) is 4.78. The second kappa shape index (κ2) is 11.5. The topological polar surface area (TPSA) is 105 Å². The highest BCUT2D eigenvalue weighted by Crippen LogP contribution is 2.31. The van der Waals surface area contributed by atoms with Crippen molar-refractivity contribution >= 4 is 45.7 Å². The summed E-state index contributed by atoms with van der Waals surface area (Å²) >= 11 is 6.38. The molecule has 9 nitrogen and oxygen atoms in total. The fourth-order valence-corrected chi connectivity index (χ4v) is 4.94. The fraction of sp³-hybridized carbons (Fsp3) is 0.233. The first-order chi connectivity index (χ1) is 19.5. The largest absolute Gasteiger partial charge is 0.486 e. The number of benzene rings is 3. The van der Waals surface area contributed by atoms with Gasteiger partial charge in [-0.2, -0.15) is 0 Å². The summed E-state index contributed by atoms with van der Waals surface area (Å²) in [5.74, 6) is 0.502. The average molecular weight is 558 g/mol. The molecule has 6 rings (SSSR count). The Morgan fingerprint density at radius 3 is 2.45 bits per heavy atom. The molecular weight excluding hydrogens is 530 g/mol. The molecule has 0 saturated carbocycles. The van der Waals surface area contributed by atoms with E-state index >= 15 is 0 Å². The number of nitrogens with zero attached hydrogens (tertiary/aromatic N) is 2.